The molecule has 25 heavy (non-hydrogen) atoms. The molecule has 1 aliphatic heterocycles. The SMILES string of the molecule is Cc1ccc(Cl)cc1NC(=O)[C@H]1CCCN1C(=O)c1ccc(F)cc1. The average molecular weight is 361 g/mol. The van der Waals surface area contributed by atoms with Gasteiger partial charge < -0.3 is 10.2 Å². The molecular weight excluding hydrogens is 343 g/mol. The topological polar surface area (TPSA) is 49.4 Å². The third-order valence-electron chi connectivity index (χ3n) is 4.36. The zero-order valence-electron chi connectivity index (χ0n) is 13.8. The zero-order chi connectivity index (χ0) is 18.0. The van der Waals surface area contributed by atoms with Crippen LogP contribution in [-0.4, -0.2) is 29.3 Å². The molecule has 0 unspecified atom stereocenters. The lowest BCUT2D eigenvalue weighted by Crippen LogP contribution is -2.43. The van der Waals surface area contributed by atoms with Crippen LogP contribution in [0.4, 0.5) is 10.1 Å². The first kappa shape index (κ1) is 17.4. The number of nitrogens with one attached hydrogen (secondary N) is 1. The third kappa shape index (κ3) is 3.82. The quantitative estimate of drug-likeness (QED) is 0.898. The summed E-state index contributed by atoms with van der Waals surface area (Å²) in [5, 5.41) is 3.39. The van der Waals surface area contributed by atoms with Gasteiger partial charge in [0.25, 0.3) is 5.91 Å². The van der Waals surface area contributed by atoms with Gasteiger partial charge in [0.1, 0.15) is 11.9 Å². The van der Waals surface area contributed by atoms with E-state index in [2.05, 4.69) is 5.32 Å². The molecule has 1 saturated heterocycles. The van der Waals surface area contributed by atoms with Crippen molar-refractivity contribution in [3.8, 4) is 0 Å². The van der Waals surface area contributed by atoms with Crippen molar-refractivity contribution in [1.82, 2.24) is 4.90 Å². The number of rotatable bonds is 3. The monoisotopic (exact) mass is 360 g/mol. The molecule has 0 saturated carbocycles. The number of likely N-dealkylation sites (tertiary alicyclic amines) is 1. The number of hydrogen-bond acceptors (Lipinski definition) is 2. The Hall–Kier alpha value is -2.40. The van der Waals surface area contributed by atoms with E-state index in [4.69, 9.17) is 11.6 Å². The van der Waals surface area contributed by atoms with Gasteiger partial charge in [-0.05, 0) is 61.7 Å². The molecule has 1 atom stereocenters. The highest BCUT2D eigenvalue weighted by atomic mass is 35.5. The first-order chi connectivity index (χ1) is 12.0. The van der Waals surface area contributed by atoms with E-state index in [0.717, 1.165) is 12.0 Å². The predicted octanol–water partition coefficient (Wildman–Crippen LogP) is 4.03. The number of carbonyl (C=O) groups excluding carboxylic acids is 2. The number of halogens is 2. The smallest absolute Gasteiger partial charge is 0.254 e. The summed E-state index contributed by atoms with van der Waals surface area (Å²) in [6.07, 6.45) is 1.35. The molecule has 0 aliphatic carbocycles. The molecule has 2 aromatic carbocycles. The van der Waals surface area contributed by atoms with Crippen molar-refractivity contribution < 1.29 is 14.0 Å². The normalized spacial score (nSPS) is 16.8. The first-order valence-electron chi connectivity index (χ1n) is 8.09. The van der Waals surface area contributed by atoms with Gasteiger partial charge in [-0.1, -0.05) is 17.7 Å². The number of carbonyl (C=O) groups is 2. The van der Waals surface area contributed by atoms with Crippen LogP contribution in [-0.2, 0) is 4.79 Å². The zero-order valence-corrected chi connectivity index (χ0v) is 14.5. The second-order valence-corrected chi connectivity index (χ2v) is 6.55. The molecule has 1 heterocycles. The van der Waals surface area contributed by atoms with Crippen molar-refractivity contribution in [2.24, 2.45) is 0 Å². The van der Waals surface area contributed by atoms with Gasteiger partial charge in [-0.15, -0.1) is 0 Å². The molecule has 2 aromatic rings. The van der Waals surface area contributed by atoms with Crippen LogP contribution < -0.4 is 5.32 Å². The van der Waals surface area contributed by atoms with Crippen LogP contribution >= 0.6 is 11.6 Å². The molecular formula is C19H18ClFN2O2. The van der Waals surface area contributed by atoms with E-state index in [1.165, 1.54) is 24.3 Å². The third-order valence-corrected chi connectivity index (χ3v) is 4.60. The fourth-order valence-electron chi connectivity index (χ4n) is 2.99. The number of nitrogens with zero attached hydrogens (tertiary/aromatic N) is 1. The van der Waals surface area contributed by atoms with Gasteiger partial charge in [-0.25, -0.2) is 4.39 Å². The standard InChI is InChI=1S/C19H18ClFN2O2/c1-12-4-7-14(20)11-16(12)22-18(24)17-3-2-10-23(17)19(25)13-5-8-15(21)9-6-13/h4-9,11,17H,2-3,10H2,1H3,(H,22,24)/t17-/m1/s1. The summed E-state index contributed by atoms with van der Waals surface area (Å²) in [6, 6.07) is 10.1. The van der Waals surface area contributed by atoms with Crippen LogP contribution in [0.15, 0.2) is 42.5 Å². The molecule has 6 heteroatoms. The molecule has 2 amide bonds. The maximum absolute atomic E-state index is 13.0. The summed E-state index contributed by atoms with van der Waals surface area (Å²) >= 11 is 5.99. The number of aryl methyl sites for hydroxylation is 1. The van der Waals surface area contributed by atoms with E-state index >= 15 is 0 Å². The summed E-state index contributed by atoms with van der Waals surface area (Å²) in [7, 11) is 0. The van der Waals surface area contributed by atoms with Gasteiger partial charge in [-0.2, -0.15) is 0 Å². The summed E-state index contributed by atoms with van der Waals surface area (Å²) < 4.78 is 13.0. The minimum atomic E-state index is -0.545. The summed E-state index contributed by atoms with van der Waals surface area (Å²) in [5.74, 6) is -0.900. The average Bonchev–Trinajstić information content (AvgIpc) is 3.08. The molecule has 1 fully saturated rings. The number of amides is 2. The van der Waals surface area contributed by atoms with Crippen molar-refractivity contribution in [3.63, 3.8) is 0 Å². The number of anilines is 1. The summed E-state index contributed by atoms with van der Waals surface area (Å²) in [6.45, 7) is 2.38. The van der Waals surface area contributed by atoms with Gasteiger partial charge in [0, 0.05) is 22.8 Å². The van der Waals surface area contributed by atoms with Crippen molar-refractivity contribution in [2.75, 3.05) is 11.9 Å². The molecule has 1 aliphatic rings. The fourth-order valence-corrected chi connectivity index (χ4v) is 3.16. The Morgan fingerprint density at radius 3 is 2.64 bits per heavy atom. The van der Waals surface area contributed by atoms with Crippen LogP contribution in [0.5, 0.6) is 0 Å². The highest BCUT2D eigenvalue weighted by Crippen LogP contribution is 2.24. The predicted molar refractivity (Wildman–Crippen MR) is 95.3 cm³/mol. The largest absolute Gasteiger partial charge is 0.327 e. The van der Waals surface area contributed by atoms with Crippen LogP contribution in [0, 0.1) is 12.7 Å². The molecule has 1 N–H and O–H groups in total. The lowest BCUT2D eigenvalue weighted by molar-refractivity contribution is -0.119. The Morgan fingerprint density at radius 2 is 1.92 bits per heavy atom. The van der Waals surface area contributed by atoms with E-state index in [-0.39, 0.29) is 11.8 Å². The minimum Gasteiger partial charge on any atom is -0.327 e. The highest BCUT2D eigenvalue weighted by Gasteiger charge is 2.34. The van der Waals surface area contributed by atoms with Crippen molar-refractivity contribution in [1.29, 1.82) is 0 Å². The second-order valence-electron chi connectivity index (χ2n) is 6.11. The Morgan fingerprint density at radius 1 is 1.20 bits per heavy atom. The van der Waals surface area contributed by atoms with Gasteiger partial charge in [-0.3, -0.25) is 9.59 Å². The lowest BCUT2D eigenvalue weighted by Gasteiger charge is -2.24. The van der Waals surface area contributed by atoms with Crippen LogP contribution in [0.2, 0.25) is 5.02 Å². The molecule has 0 radical (unpaired) electrons. The molecule has 130 valence electrons. The maximum atomic E-state index is 13.0. The molecule has 0 aromatic heterocycles. The first-order valence-corrected chi connectivity index (χ1v) is 8.47. The Labute approximate surface area is 150 Å². The van der Waals surface area contributed by atoms with Gasteiger partial charge in [0.15, 0.2) is 0 Å². The van der Waals surface area contributed by atoms with Gasteiger partial charge >= 0.3 is 0 Å². The Balaban J connectivity index is 1.76. The fraction of sp³-hybridized carbons (Fsp3) is 0.263. The van der Waals surface area contributed by atoms with Crippen molar-refractivity contribution in [2.45, 2.75) is 25.8 Å². The van der Waals surface area contributed by atoms with E-state index in [0.29, 0.717) is 29.2 Å². The van der Waals surface area contributed by atoms with Crippen LogP contribution in [0.25, 0.3) is 0 Å². The lowest BCUT2D eigenvalue weighted by atomic mass is 10.1. The Bertz CT molecular complexity index is 808. The molecule has 0 spiro atoms. The molecule has 0 bridgehead atoms. The van der Waals surface area contributed by atoms with Crippen LogP contribution in [0.3, 0.4) is 0 Å². The summed E-state index contributed by atoms with van der Waals surface area (Å²) in [5.41, 5.74) is 1.91. The van der Waals surface area contributed by atoms with E-state index in [1.807, 2.05) is 13.0 Å². The van der Waals surface area contributed by atoms with E-state index < -0.39 is 11.9 Å². The van der Waals surface area contributed by atoms with Gasteiger partial charge in [0.05, 0.1) is 0 Å². The van der Waals surface area contributed by atoms with Crippen molar-refractivity contribution in [3.05, 3.63) is 64.4 Å². The van der Waals surface area contributed by atoms with E-state index in [9.17, 15) is 14.0 Å². The number of benzene rings is 2. The second kappa shape index (κ2) is 7.23. The molecule has 3 rings (SSSR count). The van der Waals surface area contributed by atoms with Crippen molar-refractivity contribution >= 4 is 29.1 Å². The Kier molecular flexibility index (Phi) is 5.04. The minimum absolute atomic E-state index is 0.238. The van der Waals surface area contributed by atoms with Gasteiger partial charge in [0.2, 0.25) is 5.91 Å². The molecule has 4 nitrogen and oxygen atoms in total. The van der Waals surface area contributed by atoms with E-state index in [1.54, 1.807) is 17.0 Å². The summed E-state index contributed by atoms with van der Waals surface area (Å²) in [4.78, 5) is 26.9. The van der Waals surface area contributed by atoms with Crippen LogP contribution in [0.1, 0.15) is 28.8 Å². The number of hydrogen-bond donors (Lipinski definition) is 1. The maximum Gasteiger partial charge on any atom is 0.254 e. The highest BCUT2D eigenvalue weighted by molar-refractivity contribution is 6.31.